The molecule has 2 aliphatic heterocycles. The van der Waals surface area contributed by atoms with E-state index in [0.717, 1.165) is 18.6 Å². The molecule has 3 heterocycles. The number of carbonyl (C=O) groups is 2. The Kier molecular flexibility index (Phi) is 6.05. The molecule has 3 rings (SSSR count). The largest absolute Gasteiger partial charge is 0.383 e. The molecule has 2 amide bonds. The lowest BCUT2D eigenvalue weighted by Gasteiger charge is -2.27. The van der Waals surface area contributed by atoms with Crippen molar-refractivity contribution in [2.75, 3.05) is 40.0 Å². The van der Waals surface area contributed by atoms with Crippen LogP contribution < -0.4 is 5.32 Å². The van der Waals surface area contributed by atoms with Crippen LogP contribution in [0.5, 0.6) is 0 Å². The second-order valence-corrected chi connectivity index (χ2v) is 6.65. The van der Waals surface area contributed by atoms with Crippen molar-refractivity contribution < 1.29 is 19.1 Å². The Morgan fingerprint density at radius 2 is 2.35 bits per heavy atom. The standard InChI is InChI=1S/C18H26N4O4/c1-21-6-5-19-17(21)16-14(10-15(23)22(16)7-9-25-2)18(24)20-11-13-4-3-8-26-12-13/h4-6,14,16H,3,7-12H2,1-2H3,(H,20,24)/t14-,16-/m0/s1. The summed E-state index contributed by atoms with van der Waals surface area (Å²) in [5.41, 5.74) is 1.07. The van der Waals surface area contributed by atoms with Crippen LogP contribution in [-0.2, 0) is 26.1 Å². The summed E-state index contributed by atoms with van der Waals surface area (Å²) in [6.45, 7) is 2.59. The quantitative estimate of drug-likeness (QED) is 0.711. The molecule has 0 spiro atoms. The number of hydrogen-bond donors (Lipinski definition) is 1. The molecule has 1 N–H and O–H groups in total. The SMILES string of the molecule is COCCN1C(=O)C[C@H](C(=O)NCC2=CCCOC2)[C@H]1c1nccn1C. The summed E-state index contributed by atoms with van der Waals surface area (Å²) in [4.78, 5) is 31.5. The minimum absolute atomic E-state index is 0.0459. The Balaban J connectivity index is 1.75. The molecular weight excluding hydrogens is 336 g/mol. The fourth-order valence-electron chi connectivity index (χ4n) is 3.52. The molecule has 2 atom stereocenters. The van der Waals surface area contributed by atoms with E-state index in [9.17, 15) is 9.59 Å². The average molecular weight is 362 g/mol. The van der Waals surface area contributed by atoms with E-state index in [1.807, 2.05) is 17.8 Å². The van der Waals surface area contributed by atoms with Crippen molar-refractivity contribution in [1.29, 1.82) is 0 Å². The van der Waals surface area contributed by atoms with Gasteiger partial charge in [0.2, 0.25) is 11.8 Å². The van der Waals surface area contributed by atoms with E-state index in [-0.39, 0.29) is 24.3 Å². The van der Waals surface area contributed by atoms with Crippen LogP contribution >= 0.6 is 0 Å². The highest BCUT2D eigenvalue weighted by Crippen LogP contribution is 2.37. The van der Waals surface area contributed by atoms with Crippen LogP contribution in [0, 0.1) is 5.92 Å². The van der Waals surface area contributed by atoms with Crippen molar-refractivity contribution in [1.82, 2.24) is 19.8 Å². The number of methoxy groups -OCH3 is 1. The van der Waals surface area contributed by atoms with Gasteiger partial charge in [-0.15, -0.1) is 0 Å². The number of nitrogens with zero attached hydrogens (tertiary/aromatic N) is 3. The van der Waals surface area contributed by atoms with Gasteiger partial charge in [-0.1, -0.05) is 6.08 Å². The summed E-state index contributed by atoms with van der Waals surface area (Å²) in [5, 5.41) is 2.97. The van der Waals surface area contributed by atoms with Crippen LogP contribution in [0.2, 0.25) is 0 Å². The summed E-state index contributed by atoms with van der Waals surface area (Å²) in [7, 11) is 3.47. The highest BCUT2D eigenvalue weighted by atomic mass is 16.5. The minimum Gasteiger partial charge on any atom is -0.383 e. The summed E-state index contributed by atoms with van der Waals surface area (Å²) in [5.74, 6) is 0.0750. The molecular formula is C18H26N4O4. The van der Waals surface area contributed by atoms with E-state index in [0.29, 0.717) is 32.1 Å². The Bertz CT molecular complexity index is 684. The van der Waals surface area contributed by atoms with Gasteiger partial charge in [0.1, 0.15) is 11.9 Å². The predicted molar refractivity (Wildman–Crippen MR) is 94.2 cm³/mol. The molecule has 26 heavy (non-hydrogen) atoms. The Hall–Kier alpha value is -2.19. The van der Waals surface area contributed by atoms with Crippen LogP contribution in [0.15, 0.2) is 24.0 Å². The van der Waals surface area contributed by atoms with Gasteiger partial charge in [-0.2, -0.15) is 0 Å². The molecule has 0 bridgehead atoms. The van der Waals surface area contributed by atoms with E-state index in [2.05, 4.69) is 16.4 Å². The number of rotatable bonds is 7. The van der Waals surface area contributed by atoms with Gasteiger partial charge in [0.05, 0.1) is 25.7 Å². The topological polar surface area (TPSA) is 85.7 Å². The third-order valence-corrected chi connectivity index (χ3v) is 4.90. The van der Waals surface area contributed by atoms with Crippen LogP contribution in [0.4, 0.5) is 0 Å². The number of hydrogen-bond acceptors (Lipinski definition) is 5. The van der Waals surface area contributed by atoms with Gasteiger partial charge in [-0.25, -0.2) is 4.98 Å². The summed E-state index contributed by atoms with van der Waals surface area (Å²) >= 11 is 0. The molecule has 0 saturated carbocycles. The van der Waals surface area contributed by atoms with E-state index < -0.39 is 5.92 Å². The van der Waals surface area contributed by atoms with Gasteiger partial charge in [-0.05, 0) is 12.0 Å². The van der Waals surface area contributed by atoms with Crippen molar-refractivity contribution in [3.05, 3.63) is 29.9 Å². The molecule has 8 heteroatoms. The number of aromatic nitrogens is 2. The molecule has 0 aliphatic carbocycles. The fraction of sp³-hybridized carbons (Fsp3) is 0.611. The molecule has 8 nitrogen and oxygen atoms in total. The highest BCUT2D eigenvalue weighted by Gasteiger charge is 2.46. The van der Waals surface area contributed by atoms with Crippen LogP contribution in [-0.4, -0.2) is 66.3 Å². The maximum Gasteiger partial charge on any atom is 0.226 e. The van der Waals surface area contributed by atoms with Gasteiger partial charge in [0.15, 0.2) is 0 Å². The maximum absolute atomic E-state index is 12.8. The Labute approximate surface area is 153 Å². The van der Waals surface area contributed by atoms with Crippen LogP contribution in [0.1, 0.15) is 24.7 Å². The fourth-order valence-corrected chi connectivity index (χ4v) is 3.52. The summed E-state index contributed by atoms with van der Waals surface area (Å²) in [6, 6.07) is -0.380. The van der Waals surface area contributed by atoms with Gasteiger partial charge < -0.3 is 24.3 Å². The zero-order valence-electron chi connectivity index (χ0n) is 15.3. The highest BCUT2D eigenvalue weighted by molar-refractivity contribution is 5.90. The van der Waals surface area contributed by atoms with Crippen molar-refractivity contribution >= 4 is 11.8 Å². The lowest BCUT2D eigenvalue weighted by atomic mass is 9.98. The van der Waals surface area contributed by atoms with Gasteiger partial charge in [0.25, 0.3) is 0 Å². The number of aryl methyl sites for hydroxylation is 1. The van der Waals surface area contributed by atoms with Gasteiger partial charge in [0, 0.05) is 46.1 Å². The van der Waals surface area contributed by atoms with Crippen LogP contribution in [0.3, 0.4) is 0 Å². The zero-order valence-corrected chi connectivity index (χ0v) is 15.3. The second-order valence-electron chi connectivity index (χ2n) is 6.65. The molecule has 142 valence electrons. The monoisotopic (exact) mass is 362 g/mol. The normalized spacial score (nSPS) is 23.2. The summed E-state index contributed by atoms with van der Waals surface area (Å²) < 4.78 is 12.4. The third-order valence-electron chi connectivity index (χ3n) is 4.90. The zero-order chi connectivity index (χ0) is 18.5. The van der Waals surface area contributed by atoms with E-state index in [1.54, 1.807) is 18.2 Å². The molecule has 1 aromatic rings. The first-order valence-electron chi connectivity index (χ1n) is 8.90. The molecule has 1 aromatic heterocycles. The van der Waals surface area contributed by atoms with E-state index in [4.69, 9.17) is 9.47 Å². The third kappa shape index (κ3) is 3.96. The number of ether oxygens (including phenoxy) is 2. The first kappa shape index (κ1) is 18.6. The molecule has 1 fully saturated rings. The molecule has 0 unspecified atom stereocenters. The lowest BCUT2D eigenvalue weighted by Crippen LogP contribution is -2.38. The van der Waals surface area contributed by atoms with Gasteiger partial charge >= 0.3 is 0 Å². The number of imidazole rings is 1. The molecule has 0 aromatic carbocycles. The number of amides is 2. The number of nitrogens with one attached hydrogen (secondary N) is 1. The van der Waals surface area contributed by atoms with Crippen molar-refractivity contribution in [3.63, 3.8) is 0 Å². The minimum atomic E-state index is -0.467. The second kappa shape index (κ2) is 8.46. The average Bonchev–Trinajstić information content (AvgIpc) is 3.21. The predicted octanol–water partition coefficient (Wildman–Crippen LogP) is 0.419. The van der Waals surface area contributed by atoms with E-state index in [1.165, 1.54) is 0 Å². The Morgan fingerprint density at radius 3 is 3.00 bits per heavy atom. The first-order valence-corrected chi connectivity index (χ1v) is 8.90. The smallest absolute Gasteiger partial charge is 0.226 e. The Morgan fingerprint density at radius 1 is 1.50 bits per heavy atom. The first-order chi connectivity index (χ1) is 12.6. The molecule has 2 aliphatic rings. The van der Waals surface area contributed by atoms with E-state index >= 15 is 0 Å². The molecule has 1 saturated heterocycles. The van der Waals surface area contributed by atoms with Crippen molar-refractivity contribution in [2.45, 2.75) is 18.9 Å². The van der Waals surface area contributed by atoms with Gasteiger partial charge in [-0.3, -0.25) is 9.59 Å². The van der Waals surface area contributed by atoms with Crippen LogP contribution in [0.25, 0.3) is 0 Å². The number of likely N-dealkylation sites (tertiary alicyclic amines) is 1. The lowest BCUT2D eigenvalue weighted by molar-refractivity contribution is -0.129. The maximum atomic E-state index is 12.8. The summed E-state index contributed by atoms with van der Waals surface area (Å²) in [6.07, 6.45) is 6.67. The number of carbonyl (C=O) groups excluding carboxylic acids is 2. The van der Waals surface area contributed by atoms with Crippen molar-refractivity contribution in [3.8, 4) is 0 Å². The van der Waals surface area contributed by atoms with Crippen molar-refractivity contribution in [2.24, 2.45) is 13.0 Å². The molecule has 0 radical (unpaired) electrons.